The van der Waals surface area contributed by atoms with Gasteiger partial charge in [-0.15, -0.1) is 23.7 Å². The lowest BCUT2D eigenvalue weighted by molar-refractivity contribution is 0.0953. The SMILES string of the molecule is CNC(C)CNC(=O)c1sccc1C(C)C.Cl. The van der Waals surface area contributed by atoms with E-state index in [0.717, 1.165) is 10.4 Å². The average molecular weight is 277 g/mol. The molecule has 17 heavy (non-hydrogen) atoms. The maximum Gasteiger partial charge on any atom is 0.261 e. The highest BCUT2D eigenvalue weighted by atomic mass is 35.5. The Labute approximate surface area is 113 Å². The Balaban J connectivity index is 0.00000256. The van der Waals surface area contributed by atoms with Gasteiger partial charge >= 0.3 is 0 Å². The number of nitrogens with one attached hydrogen (secondary N) is 2. The number of hydrogen-bond acceptors (Lipinski definition) is 3. The highest BCUT2D eigenvalue weighted by Crippen LogP contribution is 2.24. The fourth-order valence-electron chi connectivity index (χ4n) is 1.39. The predicted octanol–water partition coefficient (Wildman–Crippen LogP) is 2.63. The molecule has 0 saturated heterocycles. The summed E-state index contributed by atoms with van der Waals surface area (Å²) in [5.74, 6) is 0.439. The minimum atomic E-state index is 0. The molecule has 3 nitrogen and oxygen atoms in total. The average Bonchev–Trinajstić information content (AvgIpc) is 2.74. The lowest BCUT2D eigenvalue weighted by Crippen LogP contribution is -2.37. The molecule has 1 unspecified atom stereocenters. The maximum absolute atomic E-state index is 11.9. The van der Waals surface area contributed by atoms with E-state index in [0.29, 0.717) is 18.5 Å². The predicted molar refractivity (Wildman–Crippen MR) is 76.5 cm³/mol. The summed E-state index contributed by atoms with van der Waals surface area (Å²) in [7, 11) is 1.89. The van der Waals surface area contributed by atoms with Crippen molar-refractivity contribution in [3.63, 3.8) is 0 Å². The second-order valence-corrected chi connectivity index (χ2v) is 5.18. The van der Waals surface area contributed by atoms with E-state index in [2.05, 4.69) is 24.5 Å². The summed E-state index contributed by atoms with van der Waals surface area (Å²) in [5.41, 5.74) is 1.14. The molecule has 0 saturated carbocycles. The molecule has 0 aliphatic heterocycles. The van der Waals surface area contributed by atoms with E-state index in [1.54, 1.807) is 0 Å². The van der Waals surface area contributed by atoms with Crippen molar-refractivity contribution in [1.29, 1.82) is 0 Å². The molecule has 2 N–H and O–H groups in total. The van der Waals surface area contributed by atoms with Gasteiger partial charge in [0.2, 0.25) is 0 Å². The van der Waals surface area contributed by atoms with E-state index < -0.39 is 0 Å². The molecule has 0 spiro atoms. The second-order valence-electron chi connectivity index (χ2n) is 4.26. The Morgan fingerprint density at radius 3 is 2.59 bits per heavy atom. The quantitative estimate of drug-likeness (QED) is 0.868. The van der Waals surface area contributed by atoms with E-state index in [9.17, 15) is 4.79 Å². The summed E-state index contributed by atoms with van der Waals surface area (Å²) in [4.78, 5) is 12.8. The number of halogens is 1. The molecule has 1 heterocycles. The molecule has 0 aliphatic carbocycles. The van der Waals surface area contributed by atoms with Crippen LogP contribution in [0.5, 0.6) is 0 Å². The molecule has 0 radical (unpaired) electrons. The minimum absolute atomic E-state index is 0. The number of carbonyl (C=O) groups is 1. The number of carbonyl (C=O) groups excluding carboxylic acids is 1. The van der Waals surface area contributed by atoms with E-state index in [1.165, 1.54) is 11.3 Å². The van der Waals surface area contributed by atoms with Gasteiger partial charge in [0.1, 0.15) is 0 Å². The van der Waals surface area contributed by atoms with Crippen molar-refractivity contribution in [3.8, 4) is 0 Å². The zero-order valence-electron chi connectivity index (χ0n) is 10.7. The summed E-state index contributed by atoms with van der Waals surface area (Å²) in [6.45, 7) is 6.91. The Bertz CT molecular complexity index is 352. The van der Waals surface area contributed by atoms with Gasteiger partial charge in [-0.05, 0) is 36.9 Å². The van der Waals surface area contributed by atoms with Crippen LogP contribution >= 0.6 is 23.7 Å². The van der Waals surface area contributed by atoms with Crippen molar-refractivity contribution < 1.29 is 4.79 Å². The fraction of sp³-hybridized carbons (Fsp3) is 0.583. The molecule has 0 bridgehead atoms. The van der Waals surface area contributed by atoms with E-state index in [4.69, 9.17) is 0 Å². The first-order valence-electron chi connectivity index (χ1n) is 5.59. The second kappa shape index (κ2) is 7.69. The molecule has 0 fully saturated rings. The van der Waals surface area contributed by atoms with Crippen LogP contribution in [0.25, 0.3) is 0 Å². The summed E-state index contributed by atoms with van der Waals surface area (Å²) in [6.07, 6.45) is 0. The van der Waals surface area contributed by atoms with Crippen LogP contribution in [0.2, 0.25) is 0 Å². The largest absolute Gasteiger partial charge is 0.350 e. The van der Waals surface area contributed by atoms with Gasteiger partial charge in [0.25, 0.3) is 5.91 Å². The third-order valence-electron chi connectivity index (χ3n) is 2.59. The van der Waals surface area contributed by atoms with Gasteiger partial charge in [-0.3, -0.25) is 4.79 Å². The van der Waals surface area contributed by atoms with Crippen molar-refractivity contribution >= 4 is 29.7 Å². The third kappa shape index (κ3) is 4.66. The highest BCUT2D eigenvalue weighted by molar-refractivity contribution is 7.12. The van der Waals surface area contributed by atoms with Crippen LogP contribution in [0.1, 0.15) is 41.9 Å². The summed E-state index contributed by atoms with van der Waals surface area (Å²) >= 11 is 1.51. The zero-order valence-corrected chi connectivity index (χ0v) is 12.4. The topological polar surface area (TPSA) is 41.1 Å². The minimum Gasteiger partial charge on any atom is -0.350 e. The molecule has 1 aromatic heterocycles. The van der Waals surface area contributed by atoms with Crippen LogP contribution in [-0.2, 0) is 0 Å². The molecule has 5 heteroatoms. The third-order valence-corrected chi connectivity index (χ3v) is 3.51. The van der Waals surface area contributed by atoms with Crippen LogP contribution in [0, 0.1) is 0 Å². The van der Waals surface area contributed by atoms with E-state index in [1.807, 2.05) is 25.4 Å². The van der Waals surface area contributed by atoms with Gasteiger partial charge in [-0.2, -0.15) is 0 Å². The molecule has 1 aromatic rings. The van der Waals surface area contributed by atoms with Crippen LogP contribution in [-0.4, -0.2) is 25.5 Å². The van der Waals surface area contributed by atoms with Crippen molar-refractivity contribution in [2.45, 2.75) is 32.7 Å². The summed E-state index contributed by atoms with van der Waals surface area (Å²) < 4.78 is 0. The van der Waals surface area contributed by atoms with E-state index >= 15 is 0 Å². The normalized spacial score (nSPS) is 12.1. The molecule has 1 amide bonds. The maximum atomic E-state index is 11.9. The lowest BCUT2D eigenvalue weighted by atomic mass is 10.0. The van der Waals surface area contributed by atoms with Crippen molar-refractivity contribution in [2.24, 2.45) is 0 Å². The van der Waals surface area contributed by atoms with Crippen molar-refractivity contribution in [2.75, 3.05) is 13.6 Å². The Morgan fingerprint density at radius 1 is 1.41 bits per heavy atom. The number of thiophene rings is 1. The summed E-state index contributed by atoms with van der Waals surface area (Å²) in [5, 5.41) is 8.01. The molecular formula is C12H21ClN2OS. The first kappa shape index (κ1) is 16.4. The van der Waals surface area contributed by atoms with Gasteiger partial charge in [-0.25, -0.2) is 0 Å². The molecule has 1 atom stereocenters. The zero-order chi connectivity index (χ0) is 12.1. The molecule has 0 aromatic carbocycles. The molecule has 98 valence electrons. The van der Waals surface area contributed by atoms with Gasteiger partial charge in [-0.1, -0.05) is 13.8 Å². The number of likely N-dealkylation sites (N-methyl/N-ethyl adjacent to an activating group) is 1. The Morgan fingerprint density at radius 2 is 2.06 bits per heavy atom. The molecular weight excluding hydrogens is 256 g/mol. The highest BCUT2D eigenvalue weighted by Gasteiger charge is 2.15. The van der Waals surface area contributed by atoms with Crippen LogP contribution in [0.3, 0.4) is 0 Å². The lowest BCUT2D eigenvalue weighted by Gasteiger charge is -2.12. The molecule has 0 aliphatic rings. The Kier molecular flexibility index (Phi) is 7.43. The Hall–Kier alpha value is -0.580. The van der Waals surface area contributed by atoms with Crippen LogP contribution in [0.15, 0.2) is 11.4 Å². The smallest absolute Gasteiger partial charge is 0.261 e. The van der Waals surface area contributed by atoms with Crippen molar-refractivity contribution in [1.82, 2.24) is 10.6 Å². The van der Waals surface area contributed by atoms with Gasteiger partial charge < -0.3 is 10.6 Å². The summed E-state index contributed by atoms with van der Waals surface area (Å²) in [6, 6.07) is 2.33. The van der Waals surface area contributed by atoms with Crippen LogP contribution < -0.4 is 10.6 Å². The van der Waals surface area contributed by atoms with Gasteiger partial charge in [0.15, 0.2) is 0 Å². The van der Waals surface area contributed by atoms with E-state index in [-0.39, 0.29) is 18.3 Å². The fourth-order valence-corrected chi connectivity index (χ4v) is 2.36. The first-order valence-corrected chi connectivity index (χ1v) is 6.47. The molecule has 1 rings (SSSR count). The van der Waals surface area contributed by atoms with Gasteiger partial charge in [0.05, 0.1) is 4.88 Å². The number of rotatable bonds is 5. The number of hydrogen-bond donors (Lipinski definition) is 2. The van der Waals surface area contributed by atoms with Gasteiger partial charge in [0, 0.05) is 12.6 Å². The standard InChI is InChI=1S/C12H20N2OS.ClH/c1-8(2)10-5-6-16-11(10)12(15)14-7-9(3)13-4;/h5-6,8-9,13H,7H2,1-4H3,(H,14,15);1H. The number of amides is 1. The van der Waals surface area contributed by atoms with Crippen molar-refractivity contribution in [3.05, 3.63) is 21.9 Å². The monoisotopic (exact) mass is 276 g/mol. The van der Waals surface area contributed by atoms with Crippen LogP contribution in [0.4, 0.5) is 0 Å². The first-order chi connectivity index (χ1) is 7.56.